The van der Waals surface area contributed by atoms with Crippen molar-refractivity contribution < 1.29 is 40.9 Å². The molecule has 4 nitrogen and oxygen atoms in total. The Morgan fingerprint density at radius 1 is 0.762 bits per heavy atom. The minimum atomic E-state index is -0.643. The van der Waals surface area contributed by atoms with E-state index in [1.165, 1.54) is 0 Å². The van der Waals surface area contributed by atoms with Crippen LogP contribution in [0.25, 0.3) is 0 Å². The molecule has 2 atom stereocenters. The Morgan fingerprint density at radius 2 is 1.05 bits per heavy atom. The second-order valence-electron chi connectivity index (χ2n) is 5.17. The van der Waals surface area contributed by atoms with Crippen LogP contribution >= 0.6 is 0 Å². The number of unbranched alkanes of at least 4 members (excludes halogenated alkanes) is 2. The summed E-state index contributed by atoms with van der Waals surface area (Å²) in [6.07, 6.45) is 7.43. The van der Waals surface area contributed by atoms with Gasteiger partial charge in [0.15, 0.2) is 0 Å². The van der Waals surface area contributed by atoms with Crippen LogP contribution in [0.3, 0.4) is 0 Å². The molecule has 2 N–H and O–H groups in total. The number of hydrogen-bond donors (Lipinski definition) is 2. The van der Waals surface area contributed by atoms with Crippen molar-refractivity contribution in [2.45, 2.75) is 79.1 Å². The summed E-state index contributed by atoms with van der Waals surface area (Å²) in [4.78, 5) is 20.9. The summed E-state index contributed by atoms with van der Waals surface area (Å²) in [5.41, 5.74) is 0. The number of carboxylic acids is 2. The molecule has 0 aromatic heterocycles. The molecule has 0 spiro atoms. The van der Waals surface area contributed by atoms with E-state index in [0.29, 0.717) is 0 Å². The third-order valence-corrected chi connectivity index (χ3v) is 3.50. The number of carboxylic acid groups (broad SMARTS) is 2. The van der Waals surface area contributed by atoms with E-state index in [9.17, 15) is 9.59 Å². The second kappa shape index (κ2) is 17.7. The molecule has 0 aliphatic carbocycles. The fraction of sp³-hybridized carbons (Fsp3) is 0.875. The molecule has 0 saturated carbocycles. The van der Waals surface area contributed by atoms with E-state index in [4.69, 9.17) is 10.2 Å². The van der Waals surface area contributed by atoms with Gasteiger partial charge < -0.3 is 10.2 Å². The zero-order valence-corrected chi connectivity index (χ0v) is 16.9. The predicted octanol–water partition coefficient (Wildman–Crippen LogP) is 4.57. The van der Waals surface area contributed by atoms with Crippen LogP contribution in [0.5, 0.6) is 0 Å². The van der Waals surface area contributed by atoms with Crippen molar-refractivity contribution in [2.24, 2.45) is 11.8 Å². The van der Waals surface area contributed by atoms with Crippen LogP contribution in [-0.4, -0.2) is 22.2 Å². The third-order valence-electron chi connectivity index (χ3n) is 3.50. The van der Waals surface area contributed by atoms with Gasteiger partial charge in [0, 0.05) is 21.1 Å². The summed E-state index contributed by atoms with van der Waals surface area (Å²) in [5.74, 6) is -1.51. The number of hydrogen-bond acceptors (Lipinski definition) is 2. The molecular weight excluding hydrogens is 440 g/mol. The molecule has 0 aromatic carbocycles. The van der Waals surface area contributed by atoms with Crippen LogP contribution < -0.4 is 0 Å². The van der Waals surface area contributed by atoms with Gasteiger partial charge >= 0.3 is 11.9 Å². The molecule has 0 heterocycles. The largest absolute Gasteiger partial charge is 0.481 e. The minimum Gasteiger partial charge on any atom is -0.481 e. The number of rotatable bonds is 10. The normalized spacial score (nSPS) is 12.4. The molecule has 0 aromatic rings. The zero-order valence-electron chi connectivity index (χ0n) is 13.9. The molecule has 0 amide bonds. The average molecular weight is 472 g/mol. The standard InChI is InChI=1S/2C8H16O2.W/c2*1-3-5-6-7(4-2)8(9)10;/h2*7H,3-6H2,1-2H3,(H,9,10);. The van der Waals surface area contributed by atoms with Gasteiger partial charge in [-0.1, -0.05) is 53.4 Å². The molecule has 0 saturated heterocycles. The Morgan fingerprint density at radius 3 is 1.19 bits per heavy atom. The van der Waals surface area contributed by atoms with E-state index in [0.717, 1.165) is 51.4 Å². The van der Waals surface area contributed by atoms with Crippen molar-refractivity contribution in [1.82, 2.24) is 0 Å². The van der Waals surface area contributed by atoms with Crippen molar-refractivity contribution in [3.63, 3.8) is 0 Å². The summed E-state index contributed by atoms with van der Waals surface area (Å²) in [7, 11) is 0. The first-order valence-corrected chi connectivity index (χ1v) is 7.89. The summed E-state index contributed by atoms with van der Waals surface area (Å²) < 4.78 is 0. The van der Waals surface area contributed by atoms with Gasteiger partial charge in [0.25, 0.3) is 0 Å². The predicted molar refractivity (Wildman–Crippen MR) is 81.9 cm³/mol. The molecule has 126 valence electrons. The molecule has 0 bridgehead atoms. The molecule has 0 aliphatic heterocycles. The molecular formula is C16H32O4W. The van der Waals surface area contributed by atoms with E-state index < -0.39 is 11.9 Å². The maximum atomic E-state index is 10.4. The Balaban J connectivity index is -0.000000295. The van der Waals surface area contributed by atoms with Gasteiger partial charge in [-0.2, -0.15) is 0 Å². The second-order valence-corrected chi connectivity index (χ2v) is 5.17. The van der Waals surface area contributed by atoms with Crippen molar-refractivity contribution in [1.29, 1.82) is 0 Å². The van der Waals surface area contributed by atoms with Gasteiger partial charge in [-0.25, -0.2) is 0 Å². The summed E-state index contributed by atoms with van der Waals surface area (Å²) >= 11 is 0. The van der Waals surface area contributed by atoms with E-state index in [1.807, 2.05) is 13.8 Å². The maximum Gasteiger partial charge on any atom is 0.306 e. The maximum absolute atomic E-state index is 10.4. The summed E-state index contributed by atoms with van der Waals surface area (Å²) in [6.45, 7) is 8.01. The smallest absolute Gasteiger partial charge is 0.306 e. The first-order chi connectivity index (χ1) is 9.44. The van der Waals surface area contributed by atoms with Gasteiger partial charge in [-0.3, -0.25) is 9.59 Å². The molecule has 21 heavy (non-hydrogen) atoms. The van der Waals surface area contributed by atoms with Gasteiger partial charge in [-0.15, -0.1) is 0 Å². The van der Waals surface area contributed by atoms with Gasteiger partial charge in [0.1, 0.15) is 0 Å². The topological polar surface area (TPSA) is 74.6 Å². The van der Waals surface area contributed by atoms with Crippen molar-refractivity contribution in [3.8, 4) is 0 Å². The van der Waals surface area contributed by atoms with Crippen molar-refractivity contribution in [3.05, 3.63) is 0 Å². The van der Waals surface area contributed by atoms with E-state index in [2.05, 4.69) is 13.8 Å². The summed E-state index contributed by atoms with van der Waals surface area (Å²) in [6, 6.07) is 0. The minimum absolute atomic E-state index is 0. The Hall–Kier alpha value is -0.372. The van der Waals surface area contributed by atoms with Gasteiger partial charge in [-0.05, 0) is 25.7 Å². The number of aliphatic carboxylic acids is 2. The van der Waals surface area contributed by atoms with Crippen LogP contribution in [0.2, 0.25) is 0 Å². The van der Waals surface area contributed by atoms with Gasteiger partial charge in [0.2, 0.25) is 0 Å². The van der Waals surface area contributed by atoms with Crippen molar-refractivity contribution in [2.75, 3.05) is 0 Å². The van der Waals surface area contributed by atoms with E-state index >= 15 is 0 Å². The molecule has 0 radical (unpaired) electrons. The SMILES string of the molecule is CCCCC(CC)C(=O)O.CCCCC(CC)C(=O)O.[W]. The zero-order chi connectivity index (χ0) is 16.0. The van der Waals surface area contributed by atoms with Crippen LogP contribution in [0.1, 0.15) is 79.1 Å². The van der Waals surface area contributed by atoms with Crippen molar-refractivity contribution >= 4 is 11.9 Å². The molecule has 2 unspecified atom stereocenters. The molecule has 0 aliphatic rings. The van der Waals surface area contributed by atoms with Crippen LogP contribution in [-0.2, 0) is 30.7 Å². The molecule has 5 heteroatoms. The van der Waals surface area contributed by atoms with Gasteiger partial charge in [0.05, 0.1) is 11.8 Å². The fourth-order valence-electron chi connectivity index (χ4n) is 1.91. The van der Waals surface area contributed by atoms with Crippen LogP contribution in [0, 0.1) is 11.8 Å². The average Bonchev–Trinajstić information content (AvgIpc) is 2.40. The number of carbonyl (C=O) groups is 2. The van der Waals surface area contributed by atoms with E-state index in [-0.39, 0.29) is 32.9 Å². The van der Waals surface area contributed by atoms with Crippen LogP contribution in [0.4, 0.5) is 0 Å². The Bertz CT molecular complexity index is 231. The van der Waals surface area contributed by atoms with E-state index in [1.54, 1.807) is 0 Å². The Kier molecular flexibility index (Phi) is 21.5. The quantitative estimate of drug-likeness (QED) is 0.489. The monoisotopic (exact) mass is 472 g/mol. The Labute approximate surface area is 144 Å². The van der Waals surface area contributed by atoms with Crippen LogP contribution in [0.15, 0.2) is 0 Å². The first-order valence-electron chi connectivity index (χ1n) is 7.89. The fourth-order valence-corrected chi connectivity index (χ4v) is 1.91. The first kappa shape index (κ1) is 25.6. The molecule has 0 fully saturated rings. The third kappa shape index (κ3) is 15.8. The molecule has 0 rings (SSSR count). The summed E-state index contributed by atoms with van der Waals surface area (Å²) in [5, 5.41) is 17.2.